The number of Topliss-reactive ketones (excluding diaryl/α,β-unsaturated/α-hetero) is 2. The first-order valence-corrected chi connectivity index (χ1v) is 12.3. The molecule has 2 aromatic carbocycles. The molecule has 0 aliphatic carbocycles. The molecule has 0 aliphatic rings. The summed E-state index contributed by atoms with van der Waals surface area (Å²) in [5, 5.41) is 0. The lowest BCUT2D eigenvalue weighted by Crippen LogP contribution is -2.29. The largest absolute Gasteiger partial charge is 0.462 e. The lowest BCUT2D eigenvalue weighted by atomic mass is 10.0. The van der Waals surface area contributed by atoms with Crippen LogP contribution in [0.25, 0.3) is 11.1 Å². The van der Waals surface area contributed by atoms with Gasteiger partial charge in [0.25, 0.3) is 0 Å². The van der Waals surface area contributed by atoms with E-state index in [2.05, 4.69) is 0 Å². The standard InChI is InChI=1S/C26H24O6S2/c1-5-31-23(29)19(21(27)17-11-7-15(3)8-12-17)25-33-26(34-25)20(24(30)32-6-2)22(28)18-13-9-16(4)10-14-18/h7-14H,5-6H2,1-4H3. The van der Waals surface area contributed by atoms with Gasteiger partial charge in [0.1, 0.15) is 18.8 Å². The smallest absolute Gasteiger partial charge is 0.344 e. The average molecular weight is 497 g/mol. The summed E-state index contributed by atoms with van der Waals surface area (Å²) in [5.74, 6) is -2.44. The predicted molar refractivity (Wildman–Crippen MR) is 133 cm³/mol. The Morgan fingerprint density at radius 1 is 0.618 bits per heavy atom. The number of carbonyl (C=O) groups excluding carboxylic acids is 4. The van der Waals surface area contributed by atoms with Crippen molar-refractivity contribution in [3.8, 4) is 0 Å². The van der Waals surface area contributed by atoms with Crippen LogP contribution in [0.1, 0.15) is 45.7 Å². The van der Waals surface area contributed by atoms with E-state index >= 15 is 0 Å². The van der Waals surface area contributed by atoms with Crippen molar-refractivity contribution in [3.05, 3.63) is 78.5 Å². The molecule has 1 aromatic heterocycles. The molecule has 3 aromatic rings. The minimum Gasteiger partial charge on any atom is -0.462 e. The molecule has 0 spiro atoms. The highest BCUT2D eigenvalue weighted by Crippen LogP contribution is 2.16. The second-order valence-electron chi connectivity index (χ2n) is 7.36. The Labute approximate surface area is 205 Å². The second kappa shape index (κ2) is 11.2. The molecule has 0 saturated heterocycles. The van der Waals surface area contributed by atoms with E-state index in [1.54, 1.807) is 62.4 Å². The summed E-state index contributed by atoms with van der Waals surface area (Å²) < 4.78 is 11.0. The number of hydrogen-bond acceptors (Lipinski definition) is 8. The minimum atomic E-state index is -0.746. The molecule has 0 radical (unpaired) electrons. The van der Waals surface area contributed by atoms with Crippen molar-refractivity contribution < 1.29 is 28.7 Å². The quantitative estimate of drug-likeness (QED) is 0.269. The summed E-state index contributed by atoms with van der Waals surface area (Å²) in [4.78, 5) is 51.6. The van der Waals surface area contributed by atoms with Crippen LogP contribution in [0.2, 0.25) is 0 Å². The van der Waals surface area contributed by atoms with Crippen LogP contribution in [0.3, 0.4) is 0 Å². The van der Waals surface area contributed by atoms with Gasteiger partial charge in [0.2, 0.25) is 11.6 Å². The Kier molecular flexibility index (Phi) is 8.31. The third-order valence-electron chi connectivity index (χ3n) is 4.82. The molecule has 6 nitrogen and oxygen atoms in total. The second-order valence-corrected chi connectivity index (χ2v) is 9.92. The number of aryl methyl sites for hydroxylation is 2. The normalized spacial score (nSPS) is 10.5. The molecule has 1 heterocycles. The molecule has 34 heavy (non-hydrogen) atoms. The number of carbonyl (C=O) groups is 4. The van der Waals surface area contributed by atoms with Crippen LogP contribution < -0.4 is 7.69 Å². The molecule has 0 fully saturated rings. The third-order valence-corrected chi connectivity index (χ3v) is 7.38. The van der Waals surface area contributed by atoms with Gasteiger partial charge >= 0.3 is 11.9 Å². The summed E-state index contributed by atoms with van der Waals surface area (Å²) in [6.07, 6.45) is 0. The molecular formula is C26H24O6S2. The van der Waals surface area contributed by atoms with Crippen LogP contribution in [0.15, 0.2) is 48.5 Å². The fourth-order valence-electron chi connectivity index (χ4n) is 3.02. The van der Waals surface area contributed by atoms with Crippen molar-refractivity contribution >= 4 is 57.3 Å². The fourth-order valence-corrected chi connectivity index (χ4v) is 5.24. The molecule has 3 rings (SSSR count). The van der Waals surface area contributed by atoms with Crippen molar-refractivity contribution in [1.29, 1.82) is 0 Å². The van der Waals surface area contributed by atoms with E-state index in [0.717, 1.165) is 33.8 Å². The van der Waals surface area contributed by atoms with E-state index < -0.39 is 23.5 Å². The van der Waals surface area contributed by atoms with Gasteiger partial charge in [-0.15, -0.1) is 22.7 Å². The Hall–Kier alpha value is -3.36. The molecule has 0 aliphatic heterocycles. The van der Waals surface area contributed by atoms with Crippen LogP contribution in [0.4, 0.5) is 0 Å². The van der Waals surface area contributed by atoms with Crippen LogP contribution >= 0.6 is 22.7 Å². The van der Waals surface area contributed by atoms with Crippen molar-refractivity contribution in [1.82, 2.24) is 0 Å². The topological polar surface area (TPSA) is 86.7 Å². The first kappa shape index (κ1) is 25.3. The minimum absolute atomic E-state index is 0.106. The van der Waals surface area contributed by atoms with E-state index in [1.165, 1.54) is 0 Å². The maximum atomic E-state index is 13.1. The van der Waals surface area contributed by atoms with Crippen LogP contribution in [0.5, 0.6) is 0 Å². The highest BCUT2D eigenvalue weighted by Gasteiger charge is 2.27. The summed E-state index contributed by atoms with van der Waals surface area (Å²) in [6.45, 7) is 7.32. The SMILES string of the molecule is CCOC(=O)C(C(=O)c1ccc(C)cc1)=c1sc(=C(C(=O)OCC)C(=O)c2ccc(C)cc2)s1. The van der Waals surface area contributed by atoms with Crippen molar-refractivity contribution in [2.45, 2.75) is 27.7 Å². The maximum Gasteiger partial charge on any atom is 0.344 e. The van der Waals surface area contributed by atoms with Crippen molar-refractivity contribution in [3.63, 3.8) is 0 Å². The fraction of sp³-hybridized carbons (Fsp3) is 0.231. The number of rotatable bonds is 8. The van der Waals surface area contributed by atoms with Crippen LogP contribution in [-0.4, -0.2) is 36.7 Å². The Morgan fingerprint density at radius 2 is 0.941 bits per heavy atom. The molecule has 0 unspecified atom stereocenters. The lowest BCUT2D eigenvalue weighted by Gasteiger charge is -2.10. The van der Waals surface area contributed by atoms with E-state index in [-0.39, 0.29) is 24.4 Å². The zero-order chi connectivity index (χ0) is 24.8. The average Bonchev–Trinajstić information content (AvgIpc) is 2.78. The number of esters is 2. The zero-order valence-corrected chi connectivity index (χ0v) is 20.9. The zero-order valence-electron chi connectivity index (χ0n) is 19.3. The van der Waals surface area contributed by atoms with E-state index in [0.29, 0.717) is 18.8 Å². The first-order chi connectivity index (χ1) is 16.3. The molecule has 8 heteroatoms. The monoisotopic (exact) mass is 496 g/mol. The van der Waals surface area contributed by atoms with Gasteiger partial charge in [0, 0.05) is 11.1 Å². The Balaban J connectivity index is 2.17. The van der Waals surface area contributed by atoms with Crippen molar-refractivity contribution in [2.24, 2.45) is 0 Å². The van der Waals surface area contributed by atoms with Crippen LogP contribution in [-0.2, 0) is 19.1 Å². The number of ether oxygens (including phenoxy) is 2. The van der Waals surface area contributed by atoms with Gasteiger partial charge in [-0.2, -0.15) is 0 Å². The molecule has 0 N–H and O–H groups in total. The summed E-state index contributed by atoms with van der Waals surface area (Å²) in [7, 11) is 0. The summed E-state index contributed by atoms with van der Waals surface area (Å²) in [5.41, 5.74) is 2.43. The molecule has 0 saturated carbocycles. The van der Waals surface area contributed by atoms with Gasteiger partial charge in [0.05, 0.1) is 13.2 Å². The molecule has 0 amide bonds. The number of benzene rings is 2. The molecular weight excluding hydrogens is 472 g/mol. The first-order valence-electron chi connectivity index (χ1n) is 10.7. The third kappa shape index (κ3) is 5.58. The number of ketones is 2. The van der Waals surface area contributed by atoms with Gasteiger partial charge < -0.3 is 9.47 Å². The van der Waals surface area contributed by atoms with Gasteiger partial charge in [0.15, 0.2) is 0 Å². The Bertz CT molecular complexity index is 1220. The molecule has 176 valence electrons. The Morgan fingerprint density at radius 3 is 1.24 bits per heavy atom. The highest BCUT2D eigenvalue weighted by atomic mass is 32.2. The lowest BCUT2D eigenvalue weighted by molar-refractivity contribution is -0.136. The summed E-state index contributed by atoms with van der Waals surface area (Å²) in [6, 6.07) is 13.7. The van der Waals surface area contributed by atoms with E-state index in [4.69, 9.17) is 9.47 Å². The molecule has 0 atom stereocenters. The van der Waals surface area contributed by atoms with Gasteiger partial charge in [-0.25, -0.2) is 9.59 Å². The van der Waals surface area contributed by atoms with Crippen molar-refractivity contribution in [2.75, 3.05) is 13.2 Å². The maximum absolute atomic E-state index is 13.1. The van der Waals surface area contributed by atoms with Crippen LogP contribution in [0, 0.1) is 13.8 Å². The highest BCUT2D eigenvalue weighted by molar-refractivity contribution is 7.36. The van der Waals surface area contributed by atoms with Gasteiger partial charge in [-0.05, 0) is 27.7 Å². The summed E-state index contributed by atoms with van der Waals surface area (Å²) >= 11 is 2.06. The van der Waals surface area contributed by atoms with E-state index in [9.17, 15) is 19.2 Å². The number of hydrogen-bond donors (Lipinski definition) is 0. The van der Waals surface area contributed by atoms with Gasteiger partial charge in [-0.3, -0.25) is 9.59 Å². The molecule has 0 bridgehead atoms. The van der Waals surface area contributed by atoms with Gasteiger partial charge in [-0.1, -0.05) is 59.7 Å². The van der Waals surface area contributed by atoms with E-state index in [1.807, 2.05) is 13.8 Å². The predicted octanol–water partition coefficient (Wildman–Crippen LogP) is 3.62.